The standard InChI is InChI=1S/C33H29N7O6S/c1-19-7-9-21(10-8-19)39-32(27(20(2)36-39)18-47-33-35-37-38-40(33)22-11-13-23(41)14-12-22)46-28-17-26(31(45)34-16-15-29(42)43)30(44)25-6-4-3-5-24(25)28/h3-14,17,41,44H,15-16,18H2,1-2H3,(H,34,45)(H,42,43). The molecule has 14 heteroatoms. The first-order valence-corrected chi connectivity index (χ1v) is 15.5. The number of aromatic nitrogens is 6. The van der Waals surface area contributed by atoms with Crippen molar-refractivity contribution in [3.8, 4) is 34.5 Å². The Morgan fingerprint density at radius 1 is 0.915 bits per heavy atom. The summed E-state index contributed by atoms with van der Waals surface area (Å²) in [5.74, 6) is -0.797. The molecule has 13 nitrogen and oxygen atoms in total. The number of tetrazole rings is 1. The van der Waals surface area contributed by atoms with Gasteiger partial charge in [0.05, 0.1) is 29.1 Å². The molecule has 0 aliphatic carbocycles. The number of hydrogen-bond donors (Lipinski definition) is 4. The van der Waals surface area contributed by atoms with Crippen LogP contribution in [0.2, 0.25) is 0 Å². The number of rotatable bonds is 11. The molecule has 0 fully saturated rings. The van der Waals surface area contributed by atoms with Crippen LogP contribution in [0, 0.1) is 13.8 Å². The van der Waals surface area contributed by atoms with Crippen LogP contribution in [-0.4, -0.2) is 63.7 Å². The molecule has 0 bridgehead atoms. The van der Waals surface area contributed by atoms with Crippen molar-refractivity contribution in [1.29, 1.82) is 0 Å². The second-order valence-electron chi connectivity index (χ2n) is 10.6. The van der Waals surface area contributed by atoms with Crippen LogP contribution in [0.25, 0.3) is 22.1 Å². The number of nitrogens with zero attached hydrogens (tertiary/aromatic N) is 6. The van der Waals surface area contributed by atoms with Crippen molar-refractivity contribution in [2.24, 2.45) is 0 Å². The second kappa shape index (κ2) is 13.2. The fraction of sp³-hybridized carbons (Fsp3) is 0.152. The number of carbonyl (C=O) groups is 2. The summed E-state index contributed by atoms with van der Waals surface area (Å²) >= 11 is 1.36. The van der Waals surface area contributed by atoms with Gasteiger partial charge in [0.1, 0.15) is 17.2 Å². The van der Waals surface area contributed by atoms with Gasteiger partial charge in [-0.3, -0.25) is 9.59 Å². The molecule has 0 atom stereocenters. The summed E-state index contributed by atoms with van der Waals surface area (Å²) in [6.07, 6.45) is -0.268. The number of fused-ring (bicyclic) bond motifs is 1. The molecule has 6 rings (SSSR count). The molecule has 0 spiro atoms. The van der Waals surface area contributed by atoms with Crippen LogP contribution in [0.4, 0.5) is 0 Å². The summed E-state index contributed by atoms with van der Waals surface area (Å²) in [7, 11) is 0. The summed E-state index contributed by atoms with van der Waals surface area (Å²) in [5, 5.41) is 50.7. The van der Waals surface area contributed by atoms with Gasteiger partial charge in [-0.25, -0.2) is 4.68 Å². The van der Waals surface area contributed by atoms with Crippen molar-refractivity contribution in [2.75, 3.05) is 6.54 Å². The number of ether oxygens (including phenoxy) is 1. The van der Waals surface area contributed by atoms with Gasteiger partial charge in [-0.1, -0.05) is 53.7 Å². The molecule has 0 aliphatic heterocycles. The summed E-state index contributed by atoms with van der Waals surface area (Å²) in [4.78, 5) is 24.1. The molecule has 4 N–H and O–H groups in total. The van der Waals surface area contributed by atoms with Crippen molar-refractivity contribution >= 4 is 34.4 Å². The van der Waals surface area contributed by atoms with E-state index >= 15 is 0 Å². The van der Waals surface area contributed by atoms with E-state index in [2.05, 4.69) is 20.8 Å². The number of carboxylic acid groups (broad SMARTS) is 1. The molecule has 0 unspecified atom stereocenters. The maximum absolute atomic E-state index is 13.1. The Morgan fingerprint density at radius 3 is 2.32 bits per heavy atom. The minimum Gasteiger partial charge on any atom is -0.508 e. The quantitative estimate of drug-likeness (QED) is 0.133. The Bertz CT molecular complexity index is 2090. The molecule has 2 heterocycles. The van der Waals surface area contributed by atoms with E-state index < -0.39 is 11.9 Å². The lowest BCUT2D eigenvalue weighted by atomic mass is 10.0. The average molecular weight is 652 g/mol. The van der Waals surface area contributed by atoms with Crippen molar-refractivity contribution in [1.82, 2.24) is 35.3 Å². The van der Waals surface area contributed by atoms with E-state index in [0.29, 0.717) is 38.9 Å². The topological polar surface area (TPSA) is 178 Å². The number of hydrogen-bond acceptors (Lipinski definition) is 10. The highest BCUT2D eigenvalue weighted by Gasteiger charge is 2.24. The largest absolute Gasteiger partial charge is 0.508 e. The third kappa shape index (κ3) is 6.58. The molecular formula is C33H29N7O6S. The molecular weight excluding hydrogens is 622 g/mol. The third-order valence-corrected chi connectivity index (χ3v) is 8.30. The van der Waals surface area contributed by atoms with Gasteiger partial charge in [0, 0.05) is 28.6 Å². The van der Waals surface area contributed by atoms with Crippen molar-refractivity contribution in [2.45, 2.75) is 31.2 Å². The predicted octanol–water partition coefficient (Wildman–Crippen LogP) is 5.32. The fourth-order valence-corrected chi connectivity index (χ4v) is 5.86. The van der Waals surface area contributed by atoms with Gasteiger partial charge in [-0.05, 0) is 66.7 Å². The molecule has 0 radical (unpaired) electrons. The number of benzene rings is 4. The zero-order chi connectivity index (χ0) is 33.1. The van der Waals surface area contributed by atoms with E-state index in [9.17, 15) is 19.8 Å². The molecule has 0 aliphatic rings. The molecule has 238 valence electrons. The van der Waals surface area contributed by atoms with Crippen LogP contribution in [-0.2, 0) is 10.5 Å². The van der Waals surface area contributed by atoms with Crippen LogP contribution in [0.1, 0.15) is 33.6 Å². The van der Waals surface area contributed by atoms with Crippen molar-refractivity contribution in [3.63, 3.8) is 0 Å². The van der Waals surface area contributed by atoms with Gasteiger partial charge < -0.3 is 25.4 Å². The summed E-state index contributed by atoms with van der Waals surface area (Å²) < 4.78 is 9.91. The average Bonchev–Trinajstić information content (AvgIpc) is 3.65. The highest BCUT2D eigenvalue weighted by molar-refractivity contribution is 7.98. The van der Waals surface area contributed by atoms with E-state index in [1.165, 1.54) is 17.8 Å². The normalized spacial score (nSPS) is 11.1. The van der Waals surface area contributed by atoms with Gasteiger partial charge >= 0.3 is 5.97 Å². The Kier molecular flexibility index (Phi) is 8.75. The first-order chi connectivity index (χ1) is 22.7. The Hall–Kier alpha value is -5.89. The Morgan fingerprint density at radius 2 is 1.60 bits per heavy atom. The zero-order valence-corrected chi connectivity index (χ0v) is 26.1. The van der Waals surface area contributed by atoms with E-state index in [-0.39, 0.29) is 35.8 Å². The predicted molar refractivity (Wildman–Crippen MR) is 174 cm³/mol. The highest BCUT2D eigenvalue weighted by Crippen LogP contribution is 2.41. The molecule has 0 saturated heterocycles. The number of aryl methyl sites for hydroxylation is 2. The number of phenolic OH excluding ortho intramolecular Hbond substituents is 2. The zero-order valence-electron chi connectivity index (χ0n) is 25.3. The summed E-state index contributed by atoms with van der Waals surface area (Å²) in [6, 6.07) is 22.7. The Labute approximate surface area is 272 Å². The number of aliphatic carboxylic acids is 1. The van der Waals surface area contributed by atoms with Crippen LogP contribution >= 0.6 is 11.8 Å². The SMILES string of the molecule is Cc1ccc(-n2nc(C)c(CSc3nnnn3-c3ccc(O)cc3)c2Oc2cc(C(=O)NCCC(=O)O)c(O)c3ccccc23)cc1. The maximum atomic E-state index is 13.1. The number of amides is 1. The van der Waals surface area contributed by atoms with Gasteiger partial charge in [-0.15, -0.1) is 5.10 Å². The number of aromatic hydroxyl groups is 2. The van der Waals surface area contributed by atoms with Crippen LogP contribution in [0.5, 0.6) is 23.1 Å². The van der Waals surface area contributed by atoms with Crippen LogP contribution < -0.4 is 10.1 Å². The lowest BCUT2D eigenvalue weighted by molar-refractivity contribution is -0.136. The lowest BCUT2D eigenvalue weighted by Crippen LogP contribution is -2.26. The van der Waals surface area contributed by atoms with Gasteiger partial charge in [0.25, 0.3) is 5.91 Å². The molecule has 4 aromatic carbocycles. The first kappa shape index (κ1) is 31.1. The number of phenols is 2. The third-order valence-electron chi connectivity index (χ3n) is 7.35. The molecule has 6 aromatic rings. The lowest BCUT2D eigenvalue weighted by Gasteiger charge is -2.16. The molecule has 1 amide bonds. The Balaban J connectivity index is 1.41. The smallest absolute Gasteiger partial charge is 0.305 e. The van der Waals surface area contributed by atoms with E-state index in [1.54, 1.807) is 57.9 Å². The fourth-order valence-electron chi connectivity index (χ4n) is 4.90. The summed E-state index contributed by atoms with van der Waals surface area (Å²) in [5.41, 5.74) is 3.84. The molecule has 2 aromatic heterocycles. The van der Waals surface area contributed by atoms with Crippen LogP contribution in [0.3, 0.4) is 0 Å². The van der Waals surface area contributed by atoms with Gasteiger partial charge in [0.15, 0.2) is 0 Å². The minimum atomic E-state index is -1.06. The van der Waals surface area contributed by atoms with Crippen molar-refractivity contribution in [3.05, 3.63) is 101 Å². The summed E-state index contributed by atoms with van der Waals surface area (Å²) in [6.45, 7) is 3.75. The van der Waals surface area contributed by atoms with Crippen LogP contribution in [0.15, 0.2) is 84.0 Å². The monoisotopic (exact) mass is 651 g/mol. The van der Waals surface area contributed by atoms with E-state index in [1.807, 2.05) is 38.1 Å². The maximum Gasteiger partial charge on any atom is 0.305 e. The van der Waals surface area contributed by atoms with Gasteiger partial charge in [0.2, 0.25) is 11.0 Å². The number of carbonyl (C=O) groups excluding carboxylic acids is 1. The van der Waals surface area contributed by atoms with E-state index in [4.69, 9.17) is 14.9 Å². The highest BCUT2D eigenvalue weighted by atomic mass is 32.2. The first-order valence-electron chi connectivity index (χ1n) is 14.5. The second-order valence-corrected chi connectivity index (χ2v) is 11.6. The van der Waals surface area contributed by atoms with E-state index in [0.717, 1.165) is 16.8 Å². The minimum absolute atomic E-state index is 0.0637. The van der Waals surface area contributed by atoms with Gasteiger partial charge in [-0.2, -0.15) is 9.78 Å². The number of nitrogens with one attached hydrogen (secondary N) is 1. The number of carboxylic acids is 1. The molecule has 47 heavy (non-hydrogen) atoms. The molecule has 0 saturated carbocycles. The number of thioether (sulfide) groups is 1. The van der Waals surface area contributed by atoms with Crippen molar-refractivity contribution < 1.29 is 29.6 Å².